The van der Waals surface area contributed by atoms with Crippen molar-refractivity contribution in [3.63, 3.8) is 0 Å². The summed E-state index contributed by atoms with van der Waals surface area (Å²) in [5, 5.41) is 3.68. The van der Waals surface area contributed by atoms with Gasteiger partial charge in [0.2, 0.25) is 5.91 Å². The highest BCUT2D eigenvalue weighted by Gasteiger charge is 2.48. The number of rotatable bonds is 4. The van der Waals surface area contributed by atoms with E-state index in [1.165, 1.54) is 4.90 Å². The van der Waals surface area contributed by atoms with Crippen molar-refractivity contribution in [2.75, 3.05) is 23.9 Å². The van der Waals surface area contributed by atoms with Gasteiger partial charge >= 0.3 is 0 Å². The molecule has 0 bridgehead atoms. The summed E-state index contributed by atoms with van der Waals surface area (Å²) in [6, 6.07) is 21.5. The molecule has 6 rings (SSSR count). The molecule has 8 nitrogen and oxygen atoms in total. The normalized spacial score (nSPS) is 16.1. The lowest BCUT2D eigenvalue weighted by molar-refractivity contribution is -0.117. The van der Waals surface area contributed by atoms with Crippen LogP contribution in [-0.4, -0.2) is 41.3 Å². The minimum absolute atomic E-state index is 0.190. The highest BCUT2D eigenvalue weighted by Crippen LogP contribution is 2.45. The number of methoxy groups -OCH3 is 1. The van der Waals surface area contributed by atoms with Crippen molar-refractivity contribution < 1.29 is 19.1 Å². The molecular formula is C27H20N4O4. The molecule has 3 amide bonds. The van der Waals surface area contributed by atoms with Crippen LogP contribution in [0.5, 0.6) is 5.75 Å². The number of hydrogen-bond acceptors (Lipinski definition) is 5. The lowest BCUT2D eigenvalue weighted by Crippen LogP contribution is -2.50. The first kappa shape index (κ1) is 20.9. The van der Waals surface area contributed by atoms with Gasteiger partial charge in [-0.25, -0.2) is 0 Å². The molecule has 0 spiro atoms. The SMILES string of the molecule is COc1ccc2cc(NC(=O)CN3C(=O)c4ccccc4N4C(=O)c5ccccc5[C@@H]34)cnc2c1. The topological polar surface area (TPSA) is 91.8 Å². The van der Waals surface area contributed by atoms with Crippen LogP contribution in [0.2, 0.25) is 0 Å². The van der Waals surface area contributed by atoms with Crippen molar-refractivity contribution in [2.24, 2.45) is 0 Å². The van der Waals surface area contributed by atoms with E-state index in [2.05, 4.69) is 10.3 Å². The Hall–Kier alpha value is -4.72. The lowest BCUT2D eigenvalue weighted by atomic mass is 10.0. The zero-order valence-corrected chi connectivity index (χ0v) is 18.8. The number of amides is 3. The molecule has 3 aromatic carbocycles. The maximum Gasteiger partial charge on any atom is 0.260 e. The Kier molecular flexibility index (Phi) is 4.74. The van der Waals surface area contributed by atoms with Crippen molar-refractivity contribution >= 4 is 40.0 Å². The van der Waals surface area contributed by atoms with Crippen molar-refractivity contribution in [3.05, 3.63) is 95.7 Å². The van der Waals surface area contributed by atoms with Crippen LogP contribution in [0.4, 0.5) is 11.4 Å². The number of nitrogens with one attached hydrogen (secondary N) is 1. The predicted octanol–water partition coefficient (Wildman–Crippen LogP) is 4.00. The zero-order valence-electron chi connectivity index (χ0n) is 18.8. The van der Waals surface area contributed by atoms with Crippen molar-refractivity contribution in [2.45, 2.75) is 6.17 Å². The van der Waals surface area contributed by atoms with E-state index in [-0.39, 0.29) is 24.3 Å². The van der Waals surface area contributed by atoms with Crippen LogP contribution in [0.25, 0.3) is 10.9 Å². The number of benzene rings is 3. The number of carbonyl (C=O) groups excluding carboxylic acids is 3. The van der Waals surface area contributed by atoms with Gasteiger partial charge in [0.05, 0.1) is 35.8 Å². The minimum Gasteiger partial charge on any atom is -0.497 e. The summed E-state index contributed by atoms with van der Waals surface area (Å²) in [6.07, 6.45) is 0.877. The Morgan fingerprint density at radius 2 is 1.74 bits per heavy atom. The molecule has 0 aliphatic carbocycles. The first-order valence-corrected chi connectivity index (χ1v) is 11.1. The monoisotopic (exact) mass is 464 g/mol. The van der Waals surface area contributed by atoms with E-state index in [0.717, 1.165) is 10.9 Å². The number of anilines is 2. The number of aromatic nitrogens is 1. The van der Waals surface area contributed by atoms with Crippen LogP contribution >= 0.6 is 0 Å². The number of hydrogen-bond donors (Lipinski definition) is 1. The van der Waals surface area contributed by atoms with E-state index in [1.807, 2.05) is 36.4 Å². The van der Waals surface area contributed by atoms with Gasteiger partial charge in [-0.2, -0.15) is 0 Å². The smallest absolute Gasteiger partial charge is 0.260 e. The maximum absolute atomic E-state index is 13.5. The standard InChI is InChI=1S/C27H20N4O4/c1-35-18-11-10-16-12-17(14-28-22(16)13-18)29-24(32)15-30-25-19-6-2-3-7-20(19)27(34)31(25)23-9-5-4-8-21(23)26(30)33/h2-14,25H,15H2,1H3,(H,29,32)/t25-/m0/s1. The molecule has 8 heteroatoms. The van der Waals surface area contributed by atoms with Gasteiger partial charge in [-0.3, -0.25) is 24.3 Å². The third kappa shape index (κ3) is 3.30. The second-order valence-electron chi connectivity index (χ2n) is 8.42. The molecule has 35 heavy (non-hydrogen) atoms. The third-order valence-corrected chi connectivity index (χ3v) is 6.37. The second-order valence-corrected chi connectivity index (χ2v) is 8.42. The van der Waals surface area contributed by atoms with Crippen LogP contribution in [0.1, 0.15) is 32.4 Å². The van der Waals surface area contributed by atoms with Gasteiger partial charge in [-0.05, 0) is 36.4 Å². The summed E-state index contributed by atoms with van der Waals surface area (Å²) in [6.45, 7) is -0.226. The van der Waals surface area contributed by atoms with E-state index < -0.39 is 6.17 Å². The van der Waals surface area contributed by atoms with Gasteiger partial charge in [0.15, 0.2) is 0 Å². The fourth-order valence-corrected chi connectivity index (χ4v) is 4.79. The molecule has 1 aromatic heterocycles. The Bertz CT molecular complexity index is 1530. The number of nitrogens with zero attached hydrogens (tertiary/aromatic N) is 3. The molecule has 172 valence electrons. The maximum atomic E-state index is 13.5. The second kappa shape index (κ2) is 7.95. The number of carbonyl (C=O) groups is 3. The Labute approximate surface area is 200 Å². The first-order valence-electron chi connectivity index (χ1n) is 11.1. The molecule has 2 aliphatic heterocycles. The van der Waals surface area contributed by atoms with Crippen LogP contribution < -0.4 is 15.0 Å². The fraction of sp³-hybridized carbons (Fsp3) is 0.111. The summed E-state index contributed by atoms with van der Waals surface area (Å²) >= 11 is 0. The van der Waals surface area contributed by atoms with Crippen LogP contribution in [0, 0.1) is 0 Å². The first-order chi connectivity index (χ1) is 17.0. The lowest BCUT2D eigenvalue weighted by Gasteiger charge is -2.40. The average molecular weight is 464 g/mol. The predicted molar refractivity (Wildman–Crippen MR) is 130 cm³/mol. The highest BCUT2D eigenvalue weighted by atomic mass is 16.5. The van der Waals surface area contributed by atoms with E-state index in [4.69, 9.17) is 4.74 Å². The van der Waals surface area contributed by atoms with E-state index >= 15 is 0 Å². The summed E-state index contributed by atoms with van der Waals surface area (Å²) < 4.78 is 5.23. The number of para-hydroxylation sites is 1. The Morgan fingerprint density at radius 3 is 2.57 bits per heavy atom. The summed E-state index contributed by atoms with van der Waals surface area (Å²) in [4.78, 5) is 47.3. The quantitative estimate of drug-likeness (QED) is 0.493. The molecule has 3 heterocycles. The van der Waals surface area contributed by atoms with E-state index in [0.29, 0.717) is 33.8 Å². The van der Waals surface area contributed by atoms with Gasteiger partial charge in [0, 0.05) is 22.6 Å². The molecule has 2 aliphatic rings. The molecule has 4 aromatic rings. The highest BCUT2D eigenvalue weighted by molar-refractivity contribution is 6.17. The molecule has 1 atom stereocenters. The van der Waals surface area contributed by atoms with Crippen LogP contribution in [-0.2, 0) is 4.79 Å². The Morgan fingerprint density at radius 1 is 0.971 bits per heavy atom. The zero-order chi connectivity index (χ0) is 24.1. The molecule has 0 unspecified atom stereocenters. The Balaban J connectivity index is 1.32. The molecule has 0 saturated heterocycles. The van der Waals surface area contributed by atoms with Crippen LogP contribution in [0.3, 0.4) is 0 Å². The molecule has 0 radical (unpaired) electrons. The number of pyridine rings is 1. The largest absolute Gasteiger partial charge is 0.497 e. The van der Waals surface area contributed by atoms with Gasteiger partial charge in [0.25, 0.3) is 11.8 Å². The fourth-order valence-electron chi connectivity index (χ4n) is 4.79. The van der Waals surface area contributed by atoms with Crippen molar-refractivity contribution in [1.29, 1.82) is 0 Å². The summed E-state index contributed by atoms with van der Waals surface area (Å²) in [5.74, 6) is -0.179. The van der Waals surface area contributed by atoms with Gasteiger partial charge in [0.1, 0.15) is 18.5 Å². The van der Waals surface area contributed by atoms with Gasteiger partial charge in [-0.15, -0.1) is 0 Å². The molecule has 0 fully saturated rings. The summed E-state index contributed by atoms with van der Waals surface area (Å²) in [7, 11) is 1.59. The molecule has 1 N–H and O–H groups in total. The van der Waals surface area contributed by atoms with E-state index in [1.54, 1.807) is 54.6 Å². The van der Waals surface area contributed by atoms with Gasteiger partial charge in [-0.1, -0.05) is 30.3 Å². The molecule has 0 saturated carbocycles. The average Bonchev–Trinajstić information content (AvgIpc) is 3.18. The van der Waals surface area contributed by atoms with Crippen LogP contribution in [0.15, 0.2) is 79.0 Å². The summed E-state index contributed by atoms with van der Waals surface area (Å²) in [5.41, 5.74) is 3.42. The third-order valence-electron chi connectivity index (χ3n) is 6.37. The van der Waals surface area contributed by atoms with Crippen molar-refractivity contribution in [1.82, 2.24) is 9.88 Å². The van der Waals surface area contributed by atoms with Gasteiger partial charge < -0.3 is 15.0 Å². The number of fused-ring (bicyclic) bond motifs is 6. The van der Waals surface area contributed by atoms with Crippen molar-refractivity contribution in [3.8, 4) is 5.75 Å². The molecular weight excluding hydrogens is 444 g/mol. The minimum atomic E-state index is -0.686. The number of ether oxygens (including phenoxy) is 1. The van der Waals surface area contributed by atoms with E-state index in [9.17, 15) is 14.4 Å².